The fraction of sp³-hybridized carbons (Fsp3) is 0.333. The summed E-state index contributed by atoms with van der Waals surface area (Å²) in [6.45, 7) is 1.67. The van der Waals surface area contributed by atoms with Crippen molar-refractivity contribution in [3.63, 3.8) is 0 Å². The van der Waals surface area contributed by atoms with Crippen molar-refractivity contribution in [1.82, 2.24) is 4.72 Å². The lowest BCUT2D eigenvalue weighted by molar-refractivity contribution is 0.596. The van der Waals surface area contributed by atoms with Crippen molar-refractivity contribution >= 4 is 10.0 Å². The van der Waals surface area contributed by atoms with Gasteiger partial charge in [-0.05, 0) is 6.92 Å². The molecule has 0 aromatic heterocycles. The van der Waals surface area contributed by atoms with Gasteiger partial charge in [-0.2, -0.15) is 0 Å². The van der Waals surface area contributed by atoms with Crippen LogP contribution in [-0.2, 0) is 10.0 Å². The molecule has 56 valence electrons. The van der Waals surface area contributed by atoms with Crippen LogP contribution in [0.5, 0.6) is 0 Å². The summed E-state index contributed by atoms with van der Waals surface area (Å²) in [4.78, 5) is 0. The molecule has 0 spiro atoms. The number of nitrogens with one attached hydrogen (secondary N) is 1. The number of rotatable bonds is 2. The fourth-order valence-corrected chi connectivity index (χ4v) is 0.598. The van der Waals surface area contributed by atoms with Crippen molar-refractivity contribution in [1.29, 1.82) is 0 Å². The maximum Gasteiger partial charge on any atom is 0.229 e. The van der Waals surface area contributed by atoms with E-state index in [1.807, 2.05) is 0 Å². The van der Waals surface area contributed by atoms with Crippen LogP contribution >= 0.6 is 0 Å². The van der Waals surface area contributed by atoms with E-state index in [4.69, 9.17) is 0 Å². The second-order valence-corrected chi connectivity index (χ2v) is 3.40. The van der Waals surface area contributed by atoms with E-state index in [2.05, 4.69) is 16.6 Å². The Labute approximate surface area is 61.2 Å². The van der Waals surface area contributed by atoms with Crippen LogP contribution in [0.25, 0.3) is 0 Å². The van der Waals surface area contributed by atoms with Crippen LogP contribution in [0.4, 0.5) is 0 Å². The molecular formula is C6H9NO2S. The second-order valence-electron chi connectivity index (χ2n) is 1.62. The number of hydrogen-bond acceptors (Lipinski definition) is 2. The molecule has 0 amide bonds. The third-order valence-electron chi connectivity index (χ3n) is 0.593. The first-order chi connectivity index (χ1) is 4.56. The van der Waals surface area contributed by atoms with Gasteiger partial charge in [0, 0.05) is 12.3 Å². The summed E-state index contributed by atoms with van der Waals surface area (Å²) < 4.78 is 22.9. The van der Waals surface area contributed by atoms with Gasteiger partial charge in [0.05, 0.1) is 6.26 Å². The van der Waals surface area contributed by atoms with Gasteiger partial charge in [-0.1, -0.05) is 5.92 Å². The zero-order valence-electron chi connectivity index (χ0n) is 5.88. The van der Waals surface area contributed by atoms with Crippen molar-refractivity contribution in [2.24, 2.45) is 0 Å². The van der Waals surface area contributed by atoms with Crippen molar-refractivity contribution < 1.29 is 8.42 Å². The van der Waals surface area contributed by atoms with E-state index in [0.29, 0.717) is 0 Å². The van der Waals surface area contributed by atoms with Crippen LogP contribution in [0.1, 0.15) is 6.92 Å². The highest BCUT2D eigenvalue weighted by Gasteiger charge is 1.90. The molecule has 0 aromatic carbocycles. The second kappa shape index (κ2) is 3.96. The molecule has 0 rings (SSSR count). The molecule has 0 aliphatic heterocycles. The van der Waals surface area contributed by atoms with Crippen LogP contribution in [0, 0.1) is 11.8 Å². The normalized spacial score (nSPS) is 10.6. The Kier molecular flexibility index (Phi) is 3.59. The van der Waals surface area contributed by atoms with Gasteiger partial charge in [0.1, 0.15) is 0 Å². The highest BCUT2D eigenvalue weighted by molar-refractivity contribution is 7.88. The summed E-state index contributed by atoms with van der Waals surface area (Å²) in [5.74, 6) is 5.15. The zero-order valence-corrected chi connectivity index (χ0v) is 6.70. The molecule has 0 fully saturated rings. The van der Waals surface area contributed by atoms with E-state index < -0.39 is 10.0 Å². The van der Waals surface area contributed by atoms with E-state index in [0.717, 1.165) is 6.26 Å². The van der Waals surface area contributed by atoms with Crippen molar-refractivity contribution in [2.45, 2.75) is 6.92 Å². The zero-order chi connectivity index (χ0) is 8.04. The van der Waals surface area contributed by atoms with E-state index in [1.165, 1.54) is 12.3 Å². The Hall–Kier alpha value is -0.950. The van der Waals surface area contributed by atoms with Crippen LogP contribution in [0.2, 0.25) is 0 Å². The van der Waals surface area contributed by atoms with Gasteiger partial charge in [0.25, 0.3) is 0 Å². The van der Waals surface area contributed by atoms with Gasteiger partial charge in [-0.25, -0.2) is 8.42 Å². The van der Waals surface area contributed by atoms with E-state index >= 15 is 0 Å². The summed E-state index contributed by atoms with van der Waals surface area (Å²) in [6.07, 6.45) is 3.80. The number of hydrogen-bond donors (Lipinski definition) is 1. The summed E-state index contributed by atoms with van der Waals surface area (Å²) in [5.41, 5.74) is 0. The van der Waals surface area contributed by atoms with Crippen molar-refractivity contribution in [3.8, 4) is 11.8 Å². The Morgan fingerprint density at radius 3 is 2.50 bits per heavy atom. The van der Waals surface area contributed by atoms with Gasteiger partial charge >= 0.3 is 0 Å². The molecular weight excluding hydrogens is 150 g/mol. The van der Waals surface area contributed by atoms with Gasteiger partial charge in [0.2, 0.25) is 10.0 Å². The van der Waals surface area contributed by atoms with Crippen molar-refractivity contribution in [2.75, 3.05) is 6.26 Å². The van der Waals surface area contributed by atoms with E-state index in [9.17, 15) is 8.42 Å². The van der Waals surface area contributed by atoms with Crippen LogP contribution < -0.4 is 4.72 Å². The molecule has 0 heterocycles. The highest BCUT2D eigenvalue weighted by atomic mass is 32.2. The summed E-state index contributed by atoms with van der Waals surface area (Å²) in [7, 11) is -3.11. The fourth-order valence-electron chi connectivity index (χ4n) is 0.283. The lowest BCUT2D eigenvalue weighted by Gasteiger charge is -1.90. The van der Waals surface area contributed by atoms with Gasteiger partial charge in [0.15, 0.2) is 0 Å². The van der Waals surface area contributed by atoms with Gasteiger partial charge < -0.3 is 0 Å². The Balaban J connectivity index is 3.84. The third-order valence-corrected chi connectivity index (χ3v) is 1.16. The molecule has 0 saturated carbocycles. The molecule has 0 radical (unpaired) electrons. The molecule has 0 aromatic rings. The largest absolute Gasteiger partial charge is 0.290 e. The monoisotopic (exact) mass is 159 g/mol. The van der Waals surface area contributed by atoms with Crippen LogP contribution in [0.15, 0.2) is 12.3 Å². The minimum absolute atomic E-state index is 1.08. The molecule has 0 aliphatic rings. The minimum atomic E-state index is -3.11. The first-order valence-electron chi connectivity index (χ1n) is 2.61. The first kappa shape index (κ1) is 9.05. The Morgan fingerprint density at radius 1 is 1.50 bits per heavy atom. The van der Waals surface area contributed by atoms with Crippen LogP contribution in [0.3, 0.4) is 0 Å². The third kappa shape index (κ3) is 7.05. The number of allylic oxidation sites excluding steroid dienone is 1. The summed E-state index contributed by atoms with van der Waals surface area (Å²) >= 11 is 0. The molecule has 0 saturated heterocycles. The topological polar surface area (TPSA) is 46.2 Å². The first-order valence-corrected chi connectivity index (χ1v) is 4.50. The SMILES string of the molecule is CC#C/C=C\NS(C)(=O)=O. The predicted molar refractivity (Wildman–Crippen MR) is 40.6 cm³/mol. The van der Waals surface area contributed by atoms with Gasteiger partial charge in [-0.3, -0.25) is 4.72 Å². The molecule has 0 unspecified atom stereocenters. The minimum Gasteiger partial charge on any atom is -0.290 e. The molecule has 10 heavy (non-hydrogen) atoms. The Bertz CT molecular complexity index is 266. The van der Waals surface area contributed by atoms with Crippen LogP contribution in [-0.4, -0.2) is 14.7 Å². The summed E-state index contributed by atoms with van der Waals surface area (Å²) in [5, 5.41) is 0. The Morgan fingerprint density at radius 2 is 2.10 bits per heavy atom. The predicted octanol–water partition coefficient (Wildman–Crippen LogP) is 0.0726. The molecule has 0 bridgehead atoms. The van der Waals surface area contributed by atoms with E-state index in [-0.39, 0.29) is 0 Å². The average Bonchev–Trinajstić information content (AvgIpc) is 1.78. The van der Waals surface area contributed by atoms with Crippen molar-refractivity contribution in [3.05, 3.63) is 12.3 Å². The smallest absolute Gasteiger partial charge is 0.229 e. The molecule has 4 heteroatoms. The average molecular weight is 159 g/mol. The quantitative estimate of drug-likeness (QED) is 0.580. The maximum absolute atomic E-state index is 10.4. The standard InChI is InChI=1S/C6H9NO2S/c1-3-4-5-6-7-10(2,8)9/h5-7H,1-2H3/b6-5-. The molecule has 0 atom stereocenters. The molecule has 1 N–H and O–H groups in total. The lowest BCUT2D eigenvalue weighted by Crippen LogP contribution is -2.14. The molecule has 3 nitrogen and oxygen atoms in total. The lowest BCUT2D eigenvalue weighted by atomic mass is 10.6. The number of sulfonamides is 1. The summed E-state index contributed by atoms with van der Waals surface area (Å²) in [6, 6.07) is 0. The van der Waals surface area contributed by atoms with Gasteiger partial charge in [-0.15, -0.1) is 5.92 Å². The maximum atomic E-state index is 10.4. The van der Waals surface area contributed by atoms with E-state index in [1.54, 1.807) is 6.92 Å². The highest BCUT2D eigenvalue weighted by Crippen LogP contribution is 1.72. The molecule has 0 aliphatic carbocycles.